The minimum absolute atomic E-state index is 0.210. The van der Waals surface area contributed by atoms with E-state index < -0.39 is 5.60 Å². The molecule has 16 heavy (non-hydrogen) atoms. The average molecular weight is 243 g/mol. The molecule has 2 N–H and O–H groups in total. The minimum Gasteiger partial charge on any atom is -0.388 e. The number of aromatic nitrogens is 2. The van der Waals surface area contributed by atoms with Gasteiger partial charge in [0.15, 0.2) is 0 Å². The zero-order valence-corrected chi connectivity index (χ0v) is 11.2. The molecule has 2 atom stereocenters. The van der Waals surface area contributed by atoms with Crippen molar-refractivity contribution >= 4 is 11.8 Å². The fourth-order valence-electron chi connectivity index (χ4n) is 1.52. The zero-order valence-electron chi connectivity index (χ0n) is 10.4. The number of aliphatic hydroxyl groups is 1. The first-order valence-corrected chi connectivity index (χ1v) is 6.77. The van der Waals surface area contributed by atoms with Gasteiger partial charge in [0.25, 0.3) is 0 Å². The molecule has 1 aromatic heterocycles. The Kier molecular flexibility index (Phi) is 4.83. The smallest absolute Gasteiger partial charge is 0.0833 e. The second-order valence-corrected chi connectivity index (χ2v) is 5.35. The third-order valence-corrected chi connectivity index (χ3v) is 3.38. The fourth-order valence-corrected chi connectivity index (χ4v) is 2.24. The van der Waals surface area contributed by atoms with Gasteiger partial charge in [-0.2, -0.15) is 16.9 Å². The highest BCUT2D eigenvalue weighted by molar-refractivity contribution is 7.98. The molecular weight excluding hydrogens is 222 g/mol. The molecular formula is C11H21N3OS. The molecule has 0 radical (unpaired) electrons. The Balaban J connectivity index is 2.43. The molecule has 0 aliphatic heterocycles. The van der Waals surface area contributed by atoms with Crippen LogP contribution < -0.4 is 5.32 Å². The lowest BCUT2D eigenvalue weighted by atomic mass is 10.1. The van der Waals surface area contributed by atoms with Crippen molar-refractivity contribution in [2.24, 2.45) is 7.05 Å². The summed E-state index contributed by atoms with van der Waals surface area (Å²) in [5.74, 6) is 0.736. The molecule has 0 spiro atoms. The van der Waals surface area contributed by atoms with E-state index in [1.165, 1.54) is 0 Å². The molecule has 1 heterocycles. The first kappa shape index (κ1) is 13.5. The molecule has 5 heteroatoms. The molecule has 1 aromatic rings. The molecule has 0 amide bonds. The van der Waals surface area contributed by atoms with Gasteiger partial charge in [0.05, 0.1) is 11.8 Å². The van der Waals surface area contributed by atoms with Gasteiger partial charge in [0, 0.05) is 37.1 Å². The topological polar surface area (TPSA) is 50.1 Å². The van der Waals surface area contributed by atoms with Crippen LogP contribution in [-0.4, -0.2) is 39.0 Å². The molecule has 1 rings (SSSR count). The van der Waals surface area contributed by atoms with Crippen LogP contribution in [0.15, 0.2) is 12.4 Å². The van der Waals surface area contributed by atoms with Crippen molar-refractivity contribution in [2.75, 3.05) is 18.6 Å². The second-order valence-electron chi connectivity index (χ2n) is 4.48. The minimum atomic E-state index is -0.657. The molecule has 0 aliphatic carbocycles. The van der Waals surface area contributed by atoms with Gasteiger partial charge in [-0.1, -0.05) is 0 Å². The molecule has 0 saturated carbocycles. The van der Waals surface area contributed by atoms with E-state index in [2.05, 4.69) is 17.3 Å². The second kappa shape index (κ2) is 5.70. The van der Waals surface area contributed by atoms with E-state index in [0.717, 1.165) is 11.3 Å². The van der Waals surface area contributed by atoms with Crippen LogP contribution in [0.4, 0.5) is 0 Å². The van der Waals surface area contributed by atoms with Crippen molar-refractivity contribution in [3.05, 3.63) is 18.0 Å². The van der Waals surface area contributed by atoms with Crippen molar-refractivity contribution in [1.29, 1.82) is 0 Å². The maximum absolute atomic E-state index is 10.0. The van der Waals surface area contributed by atoms with E-state index in [-0.39, 0.29) is 6.04 Å². The Labute approximate surface area is 101 Å². The third kappa shape index (κ3) is 4.15. The number of nitrogens with one attached hydrogen (secondary N) is 1. The maximum Gasteiger partial charge on any atom is 0.0833 e. The number of rotatable bonds is 6. The Morgan fingerprint density at radius 2 is 2.38 bits per heavy atom. The third-order valence-electron chi connectivity index (χ3n) is 2.47. The first-order chi connectivity index (χ1) is 7.44. The Bertz CT molecular complexity index is 325. The van der Waals surface area contributed by atoms with Gasteiger partial charge in [0.2, 0.25) is 0 Å². The van der Waals surface area contributed by atoms with Crippen molar-refractivity contribution in [3.63, 3.8) is 0 Å². The Morgan fingerprint density at radius 3 is 2.88 bits per heavy atom. The normalized spacial score (nSPS) is 17.1. The largest absolute Gasteiger partial charge is 0.388 e. The standard InChI is InChI=1S/C11H21N3OS/c1-9(10-5-13-14(3)6-10)12-7-11(2,15)8-16-4/h5-6,9,12,15H,7-8H2,1-4H3. The van der Waals surface area contributed by atoms with Crippen molar-refractivity contribution in [1.82, 2.24) is 15.1 Å². The van der Waals surface area contributed by atoms with Gasteiger partial charge >= 0.3 is 0 Å². The van der Waals surface area contributed by atoms with Crippen LogP contribution in [0.3, 0.4) is 0 Å². The van der Waals surface area contributed by atoms with Crippen LogP contribution in [-0.2, 0) is 7.05 Å². The molecule has 0 aliphatic rings. The van der Waals surface area contributed by atoms with Crippen LogP contribution in [0.5, 0.6) is 0 Å². The van der Waals surface area contributed by atoms with Crippen LogP contribution >= 0.6 is 11.8 Å². The summed E-state index contributed by atoms with van der Waals surface area (Å²) in [5.41, 5.74) is 0.484. The quantitative estimate of drug-likeness (QED) is 0.788. The summed E-state index contributed by atoms with van der Waals surface area (Å²) in [7, 11) is 1.90. The van der Waals surface area contributed by atoms with Crippen molar-refractivity contribution in [3.8, 4) is 0 Å². The molecule has 0 saturated heterocycles. The lowest BCUT2D eigenvalue weighted by molar-refractivity contribution is 0.0821. The van der Waals surface area contributed by atoms with Crippen molar-refractivity contribution < 1.29 is 5.11 Å². The number of hydrogen-bond donors (Lipinski definition) is 2. The van der Waals surface area contributed by atoms with Gasteiger partial charge in [-0.15, -0.1) is 0 Å². The Hall–Kier alpha value is -0.520. The van der Waals surface area contributed by atoms with Gasteiger partial charge in [-0.25, -0.2) is 0 Å². The van der Waals surface area contributed by atoms with Crippen LogP contribution in [0.2, 0.25) is 0 Å². The Morgan fingerprint density at radius 1 is 1.69 bits per heavy atom. The van der Waals surface area contributed by atoms with Gasteiger partial charge in [-0.3, -0.25) is 4.68 Å². The van der Waals surface area contributed by atoms with Gasteiger partial charge < -0.3 is 10.4 Å². The summed E-state index contributed by atoms with van der Waals surface area (Å²) in [6.07, 6.45) is 5.83. The number of nitrogens with zero attached hydrogens (tertiary/aromatic N) is 2. The highest BCUT2D eigenvalue weighted by Gasteiger charge is 2.20. The number of thioether (sulfide) groups is 1. The molecule has 0 bridgehead atoms. The van der Waals surface area contributed by atoms with Crippen LogP contribution in [0.25, 0.3) is 0 Å². The highest BCUT2D eigenvalue weighted by Crippen LogP contribution is 2.14. The van der Waals surface area contributed by atoms with E-state index in [9.17, 15) is 5.11 Å². The first-order valence-electron chi connectivity index (χ1n) is 5.38. The van der Waals surface area contributed by atoms with E-state index >= 15 is 0 Å². The average Bonchev–Trinajstić information content (AvgIpc) is 2.61. The van der Waals surface area contributed by atoms with E-state index in [0.29, 0.717) is 6.54 Å². The highest BCUT2D eigenvalue weighted by atomic mass is 32.2. The zero-order chi connectivity index (χ0) is 12.2. The van der Waals surface area contributed by atoms with Crippen molar-refractivity contribution in [2.45, 2.75) is 25.5 Å². The van der Waals surface area contributed by atoms with Gasteiger partial charge in [-0.05, 0) is 20.1 Å². The van der Waals surface area contributed by atoms with E-state index in [1.54, 1.807) is 16.4 Å². The SMILES string of the molecule is CSCC(C)(O)CNC(C)c1cnn(C)c1. The molecule has 4 nitrogen and oxygen atoms in total. The van der Waals surface area contributed by atoms with E-state index in [4.69, 9.17) is 0 Å². The predicted octanol–water partition coefficient (Wildman–Crippen LogP) is 1.18. The maximum atomic E-state index is 10.0. The summed E-state index contributed by atoms with van der Waals surface area (Å²) in [6.45, 7) is 4.52. The lowest BCUT2D eigenvalue weighted by Gasteiger charge is -2.24. The summed E-state index contributed by atoms with van der Waals surface area (Å²) >= 11 is 1.65. The summed E-state index contributed by atoms with van der Waals surface area (Å²) in [4.78, 5) is 0. The number of aryl methyl sites for hydroxylation is 1. The molecule has 92 valence electrons. The molecule has 0 aromatic carbocycles. The summed E-state index contributed by atoms with van der Waals surface area (Å²) in [5, 5.41) is 17.5. The molecule has 0 fully saturated rings. The van der Waals surface area contributed by atoms with Crippen LogP contribution in [0.1, 0.15) is 25.5 Å². The lowest BCUT2D eigenvalue weighted by Crippen LogP contribution is -2.40. The van der Waals surface area contributed by atoms with E-state index in [1.807, 2.05) is 32.6 Å². The van der Waals surface area contributed by atoms with Gasteiger partial charge in [0.1, 0.15) is 0 Å². The molecule has 2 unspecified atom stereocenters. The summed E-state index contributed by atoms with van der Waals surface area (Å²) < 4.78 is 1.79. The summed E-state index contributed by atoms with van der Waals surface area (Å²) in [6, 6.07) is 0.210. The van der Waals surface area contributed by atoms with Crippen LogP contribution in [0, 0.1) is 0 Å². The predicted molar refractivity (Wildman–Crippen MR) is 68.6 cm³/mol. The monoisotopic (exact) mass is 243 g/mol. The number of hydrogen-bond acceptors (Lipinski definition) is 4. The fraction of sp³-hybridized carbons (Fsp3) is 0.727.